The highest BCUT2D eigenvalue weighted by atomic mass is 16.6. The first-order chi connectivity index (χ1) is 12.2. The lowest BCUT2D eigenvalue weighted by molar-refractivity contribution is 0.0175. The molecule has 1 amide bonds. The molecule has 3 rings (SSSR count). The van der Waals surface area contributed by atoms with Gasteiger partial charge in [-0.2, -0.15) is 0 Å². The van der Waals surface area contributed by atoms with Gasteiger partial charge in [0.25, 0.3) is 0 Å². The molecule has 1 fully saturated rings. The minimum atomic E-state index is -0.442. The highest BCUT2D eigenvalue weighted by molar-refractivity contribution is 5.77. The third-order valence-corrected chi connectivity index (χ3v) is 5.53. The molecule has 2 aliphatic rings. The summed E-state index contributed by atoms with van der Waals surface area (Å²) in [5.41, 5.74) is 6.67. The lowest BCUT2D eigenvalue weighted by atomic mass is 9.85. The van der Waals surface area contributed by atoms with Crippen LogP contribution in [-0.2, 0) is 17.6 Å². The molecule has 0 aliphatic carbocycles. The Morgan fingerprint density at radius 3 is 2.27 bits per heavy atom. The summed E-state index contributed by atoms with van der Waals surface area (Å²) < 4.78 is 5.66. The second-order valence-electron chi connectivity index (χ2n) is 8.75. The number of fused-ring (bicyclic) bond motifs is 2. The molecule has 1 aromatic carbocycles. The minimum absolute atomic E-state index is 0.157. The molecular weight excluding hydrogens is 322 g/mol. The monoisotopic (exact) mass is 355 g/mol. The van der Waals surface area contributed by atoms with Gasteiger partial charge in [-0.1, -0.05) is 37.6 Å². The van der Waals surface area contributed by atoms with Crippen LogP contribution in [-0.4, -0.2) is 28.7 Å². The molecule has 1 aromatic rings. The van der Waals surface area contributed by atoms with Crippen LogP contribution in [0.2, 0.25) is 0 Å². The van der Waals surface area contributed by atoms with Crippen LogP contribution in [0, 0.1) is 6.92 Å². The van der Waals surface area contributed by atoms with E-state index in [1.54, 1.807) is 0 Å². The normalized spacial score (nSPS) is 22.4. The summed E-state index contributed by atoms with van der Waals surface area (Å²) in [5.74, 6) is 0. The average Bonchev–Trinajstić information content (AvgIpc) is 2.83. The van der Waals surface area contributed by atoms with E-state index < -0.39 is 5.60 Å². The number of hydrogen-bond donors (Lipinski definition) is 0. The SMILES string of the molecule is CCc1cc(C)cc(CC)c1C1=CC2CCC(C1)N2C(=O)OC(C)(C)C. The molecule has 0 spiro atoms. The fourth-order valence-electron chi connectivity index (χ4n) is 4.53. The molecular formula is C23H33NO2. The van der Waals surface area contributed by atoms with Gasteiger partial charge in [-0.3, -0.25) is 4.90 Å². The van der Waals surface area contributed by atoms with Gasteiger partial charge in [0.15, 0.2) is 0 Å². The third-order valence-electron chi connectivity index (χ3n) is 5.53. The van der Waals surface area contributed by atoms with Crippen molar-refractivity contribution in [2.75, 3.05) is 0 Å². The minimum Gasteiger partial charge on any atom is -0.444 e. The van der Waals surface area contributed by atoms with E-state index in [4.69, 9.17) is 4.74 Å². The number of hydrogen-bond acceptors (Lipinski definition) is 2. The first kappa shape index (κ1) is 19.0. The number of carbonyl (C=O) groups excluding carboxylic acids is 1. The molecule has 0 radical (unpaired) electrons. The summed E-state index contributed by atoms with van der Waals surface area (Å²) in [6.45, 7) is 12.5. The van der Waals surface area contributed by atoms with Crippen LogP contribution in [0.25, 0.3) is 5.57 Å². The van der Waals surface area contributed by atoms with Gasteiger partial charge >= 0.3 is 6.09 Å². The fourth-order valence-corrected chi connectivity index (χ4v) is 4.53. The van der Waals surface area contributed by atoms with Crippen molar-refractivity contribution in [1.82, 2.24) is 4.90 Å². The summed E-state index contributed by atoms with van der Waals surface area (Å²) in [4.78, 5) is 14.7. The molecule has 3 heteroatoms. The second kappa shape index (κ2) is 7.09. The molecule has 142 valence electrons. The summed E-state index contributed by atoms with van der Waals surface area (Å²) >= 11 is 0. The van der Waals surface area contributed by atoms with Crippen LogP contribution >= 0.6 is 0 Å². The van der Waals surface area contributed by atoms with E-state index in [-0.39, 0.29) is 18.2 Å². The van der Waals surface area contributed by atoms with E-state index >= 15 is 0 Å². The fraction of sp³-hybridized carbons (Fsp3) is 0.609. The van der Waals surface area contributed by atoms with Crippen molar-refractivity contribution in [3.63, 3.8) is 0 Å². The number of aryl methyl sites for hydroxylation is 3. The molecule has 2 aliphatic heterocycles. The number of amides is 1. The topological polar surface area (TPSA) is 29.5 Å². The summed E-state index contributed by atoms with van der Waals surface area (Å²) in [6, 6.07) is 5.11. The Hall–Kier alpha value is -1.77. The molecule has 26 heavy (non-hydrogen) atoms. The maximum absolute atomic E-state index is 12.7. The standard InChI is InChI=1S/C23H33NO2/c1-7-16-11-15(3)12-17(8-2)21(16)18-13-19-9-10-20(14-18)24(19)22(25)26-23(4,5)6/h11-13,19-20H,7-10,14H2,1-6H3. The van der Waals surface area contributed by atoms with Gasteiger partial charge in [-0.15, -0.1) is 0 Å². The second-order valence-corrected chi connectivity index (χ2v) is 8.75. The maximum Gasteiger partial charge on any atom is 0.411 e. The number of nitrogens with zero attached hydrogens (tertiary/aromatic N) is 1. The molecule has 3 nitrogen and oxygen atoms in total. The highest BCUT2D eigenvalue weighted by Gasteiger charge is 2.42. The Bertz CT molecular complexity index is 701. The van der Waals surface area contributed by atoms with Crippen molar-refractivity contribution in [3.8, 4) is 0 Å². The Balaban J connectivity index is 1.94. The molecule has 0 aromatic heterocycles. The summed E-state index contributed by atoms with van der Waals surface area (Å²) in [6.07, 6.45) is 7.34. The van der Waals surface area contributed by atoms with E-state index in [1.807, 2.05) is 25.7 Å². The number of benzene rings is 1. The Labute approximate surface area is 158 Å². The van der Waals surface area contributed by atoms with Crippen LogP contribution in [0.4, 0.5) is 4.79 Å². The first-order valence-corrected chi connectivity index (χ1v) is 10.1. The van der Waals surface area contributed by atoms with Crippen molar-refractivity contribution in [1.29, 1.82) is 0 Å². The Morgan fingerprint density at radius 1 is 1.15 bits per heavy atom. The maximum atomic E-state index is 12.7. The van der Waals surface area contributed by atoms with Gasteiger partial charge in [-0.05, 0) is 82.1 Å². The van der Waals surface area contributed by atoms with E-state index in [0.29, 0.717) is 0 Å². The van der Waals surface area contributed by atoms with E-state index in [1.165, 1.54) is 27.8 Å². The molecule has 0 saturated carbocycles. The third kappa shape index (κ3) is 3.67. The van der Waals surface area contributed by atoms with Crippen molar-refractivity contribution in [2.45, 2.75) is 91.3 Å². The Kier molecular flexibility index (Phi) is 5.18. The van der Waals surface area contributed by atoms with Crippen molar-refractivity contribution in [3.05, 3.63) is 40.5 Å². The predicted molar refractivity (Wildman–Crippen MR) is 107 cm³/mol. The van der Waals surface area contributed by atoms with Gasteiger partial charge < -0.3 is 4.74 Å². The zero-order valence-electron chi connectivity index (χ0n) is 17.2. The van der Waals surface area contributed by atoms with E-state index in [2.05, 4.69) is 39.0 Å². The van der Waals surface area contributed by atoms with Gasteiger partial charge in [0.05, 0.1) is 6.04 Å². The lowest BCUT2D eigenvalue weighted by Crippen LogP contribution is -2.45. The average molecular weight is 356 g/mol. The van der Waals surface area contributed by atoms with Crippen molar-refractivity contribution < 1.29 is 9.53 Å². The molecule has 2 heterocycles. The zero-order chi connectivity index (χ0) is 19.1. The smallest absolute Gasteiger partial charge is 0.411 e. The largest absolute Gasteiger partial charge is 0.444 e. The van der Waals surface area contributed by atoms with Gasteiger partial charge in [0, 0.05) is 6.04 Å². The van der Waals surface area contributed by atoms with Crippen molar-refractivity contribution >= 4 is 11.7 Å². The van der Waals surface area contributed by atoms with Crippen LogP contribution in [0.5, 0.6) is 0 Å². The van der Waals surface area contributed by atoms with E-state index in [0.717, 1.165) is 32.1 Å². The zero-order valence-corrected chi connectivity index (χ0v) is 17.2. The molecule has 2 atom stereocenters. The van der Waals surface area contributed by atoms with Gasteiger partial charge in [-0.25, -0.2) is 4.79 Å². The number of rotatable bonds is 3. The van der Waals surface area contributed by atoms with Crippen LogP contribution in [0.3, 0.4) is 0 Å². The Morgan fingerprint density at radius 2 is 1.77 bits per heavy atom. The highest BCUT2D eigenvalue weighted by Crippen LogP contribution is 2.41. The molecule has 0 N–H and O–H groups in total. The van der Waals surface area contributed by atoms with Crippen LogP contribution in [0.15, 0.2) is 18.2 Å². The van der Waals surface area contributed by atoms with Crippen LogP contribution < -0.4 is 0 Å². The van der Waals surface area contributed by atoms with Gasteiger partial charge in [0.2, 0.25) is 0 Å². The van der Waals surface area contributed by atoms with E-state index in [9.17, 15) is 4.79 Å². The lowest BCUT2D eigenvalue weighted by Gasteiger charge is -2.36. The summed E-state index contributed by atoms with van der Waals surface area (Å²) in [5, 5.41) is 0. The summed E-state index contributed by atoms with van der Waals surface area (Å²) in [7, 11) is 0. The quantitative estimate of drug-likeness (QED) is 0.698. The molecule has 2 bridgehead atoms. The molecule has 2 unspecified atom stereocenters. The van der Waals surface area contributed by atoms with Crippen LogP contribution in [0.1, 0.15) is 76.1 Å². The van der Waals surface area contributed by atoms with Gasteiger partial charge in [0.1, 0.15) is 5.60 Å². The number of carbonyl (C=O) groups is 1. The molecule has 1 saturated heterocycles. The predicted octanol–water partition coefficient (Wildman–Crippen LogP) is 5.68. The van der Waals surface area contributed by atoms with Crippen molar-refractivity contribution in [2.24, 2.45) is 0 Å². The first-order valence-electron chi connectivity index (χ1n) is 10.1. The number of ether oxygens (including phenoxy) is 1.